The van der Waals surface area contributed by atoms with Crippen molar-refractivity contribution in [3.05, 3.63) is 12.7 Å². The molecule has 4 heteroatoms. The van der Waals surface area contributed by atoms with Gasteiger partial charge in [0.1, 0.15) is 5.54 Å². The average molecular weight is 295 g/mol. The lowest BCUT2D eigenvalue weighted by Gasteiger charge is -2.20. The molecule has 1 aliphatic rings. The lowest BCUT2D eigenvalue weighted by atomic mass is 10.2. The van der Waals surface area contributed by atoms with Gasteiger partial charge in [0.05, 0.1) is 6.61 Å². The van der Waals surface area contributed by atoms with Crippen LogP contribution in [0.2, 0.25) is 0 Å². The summed E-state index contributed by atoms with van der Waals surface area (Å²) in [5, 5.41) is 0. The first-order chi connectivity index (χ1) is 6.09. The Bertz CT molecular complexity index is 230. The maximum atomic E-state index is 11.6. The molecule has 13 heavy (non-hydrogen) atoms. The van der Waals surface area contributed by atoms with E-state index < -0.39 is 5.54 Å². The Hall–Kier alpha value is -0.100. The largest absolute Gasteiger partial charge is 0.465 e. The number of hydrogen-bond acceptors (Lipinski definition) is 3. The molecule has 0 aliphatic heterocycles. The molecule has 1 aliphatic carbocycles. The molecule has 0 aromatic rings. The van der Waals surface area contributed by atoms with Crippen molar-refractivity contribution in [1.29, 1.82) is 0 Å². The number of esters is 1. The zero-order chi connectivity index (χ0) is 10.1. The Labute approximate surface area is 92.6 Å². The van der Waals surface area contributed by atoms with Crippen LogP contribution in [0.25, 0.3) is 0 Å². The molecule has 1 fully saturated rings. The second-order valence-corrected chi connectivity index (χ2v) is 4.62. The van der Waals surface area contributed by atoms with E-state index in [0.29, 0.717) is 6.61 Å². The van der Waals surface area contributed by atoms with Crippen LogP contribution < -0.4 is 0 Å². The van der Waals surface area contributed by atoms with Gasteiger partial charge in [-0.1, -0.05) is 6.08 Å². The minimum absolute atomic E-state index is 0.128. The predicted molar refractivity (Wildman–Crippen MR) is 59.5 cm³/mol. The summed E-state index contributed by atoms with van der Waals surface area (Å²) in [4.78, 5) is 11.6. The molecule has 0 heterocycles. The van der Waals surface area contributed by atoms with Gasteiger partial charge in [0.25, 0.3) is 0 Å². The third kappa shape index (κ3) is 1.74. The van der Waals surface area contributed by atoms with Gasteiger partial charge >= 0.3 is 5.97 Å². The van der Waals surface area contributed by atoms with Gasteiger partial charge in [0.15, 0.2) is 0 Å². The van der Waals surface area contributed by atoms with Crippen LogP contribution in [0.15, 0.2) is 12.7 Å². The summed E-state index contributed by atoms with van der Waals surface area (Å²) in [6, 6.07) is 0. The molecular weight excluding hydrogens is 281 g/mol. The van der Waals surface area contributed by atoms with Crippen molar-refractivity contribution in [1.82, 2.24) is 3.11 Å². The molecule has 0 N–H and O–H groups in total. The highest BCUT2D eigenvalue weighted by atomic mass is 127. The van der Waals surface area contributed by atoms with Gasteiger partial charge < -0.3 is 4.74 Å². The Balaban J connectivity index is 2.71. The van der Waals surface area contributed by atoms with Crippen LogP contribution in [0.3, 0.4) is 0 Å². The van der Waals surface area contributed by atoms with Gasteiger partial charge in [0.2, 0.25) is 0 Å². The lowest BCUT2D eigenvalue weighted by molar-refractivity contribution is -0.148. The molecule has 0 radical (unpaired) electrons. The lowest BCUT2D eigenvalue weighted by Crippen LogP contribution is -2.38. The Kier molecular flexibility index (Phi) is 3.34. The number of carbonyl (C=O) groups is 1. The van der Waals surface area contributed by atoms with Crippen LogP contribution >= 0.6 is 22.9 Å². The molecule has 74 valence electrons. The van der Waals surface area contributed by atoms with Gasteiger partial charge in [-0.2, -0.15) is 0 Å². The Morgan fingerprint density at radius 2 is 2.54 bits per heavy atom. The van der Waals surface area contributed by atoms with E-state index in [0.717, 1.165) is 6.42 Å². The van der Waals surface area contributed by atoms with Crippen molar-refractivity contribution in [2.75, 3.05) is 13.7 Å². The molecule has 1 saturated carbocycles. The van der Waals surface area contributed by atoms with Crippen molar-refractivity contribution >= 4 is 28.8 Å². The normalized spacial score (nSPS) is 31.5. The van der Waals surface area contributed by atoms with E-state index in [4.69, 9.17) is 4.74 Å². The summed E-state index contributed by atoms with van der Waals surface area (Å²) < 4.78 is 6.93. The second kappa shape index (κ2) is 3.96. The minimum atomic E-state index is -0.432. The molecule has 3 nitrogen and oxygen atoms in total. The van der Waals surface area contributed by atoms with E-state index in [1.54, 1.807) is 0 Å². The quantitative estimate of drug-likeness (QED) is 0.343. The molecule has 2 unspecified atom stereocenters. The van der Waals surface area contributed by atoms with Gasteiger partial charge in [-0.15, -0.1) is 6.58 Å². The number of carbonyl (C=O) groups excluding carboxylic acids is 1. The number of rotatable bonds is 4. The zero-order valence-electron chi connectivity index (χ0n) is 7.92. The summed E-state index contributed by atoms with van der Waals surface area (Å²) in [7, 11) is 1.89. The highest BCUT2D eigenvalue weighted by Gasteiger charge is 2.62. The Morgan fingerprint density at radius 1 is 1.92 bits per heavy atom. The number of hydrogen-bond donors (Lipinski definition) is 0. The van der Waals surface area contributed by atoms with Crippen molar-refractivity contribution in [3.8, 4) is 0 Å². The third-order valence-corrected chi connectivity index (χ3v) is 3.31. The van der Waals surface area contributed by atoms with Crippen molar-refractivity contribution < 1.29 is 9.53 Å². The van der Waals surface area contributed by atoms with Gasteiger partial charge in [-0.25, -0.2) is 7.91 Å². The summed E-state index contributed by atoms with van der Waals surface area (Å²) in [5.74, 6) is 0.116. The van der Waals surface area contributed by atoms with Crippen LogP contribution in [0.1, 0.15) is 13.3 Å². The fourth-order valence-corrected chi connectivity index (χ4v) is 2.28. The number of ether oxygens (including phenoxy) is 1. The standard InChI is InChI=1S/C9H14INO2/c1-4-7-6-9(7,11(3)10)8(12)13-5-2/h4,7H,1,5-6H2,2-3H3. The first-order valence-electron chi connectivity index (χ1n) is 4.29. The minimum Gasteiger partial charge on any atom is -0.465 e. The van der Waals surface area contributed by atoms with Crippen LogP contribution in [0.4, 0.5) is 0 Å². The monoisotopic (exact) mass is 295 g/mol. The van der Waals surface area contributed by atoms with Crippen LogP contribution in [-0.4, -0.2) is 28.3 Å². The summed E-state index contributed by atoms with van der Waals surface area (Å²) >= 11 is 2.13. The third-order valence-electron chi connectivity index (χ3n) is 2.45. The first-order valence-corrected chi connectivity index (χ1v) is 5.25. The molecule has 1 rings (SSSR count). The van der Waals surface area contributed by atoms with Crippen LogP contribution in [0.5, 0.6) is 0 Å². The van der Waals surface area contributed by atoms with E-state index in [1.165, 1.54) is 0 Å². The Morgan fingerprint density at radius 3 is 2.85 bits per heavy atom. The molecule has 2 atom stereocenters. The molecule has 0 aromatic heterocycles. The smallest absolute Gasteiger partial charge is 0.327 e. The van der Waals surface area contributed by atoms with Crippen molar-refractivity contribution in [2.24, 2.45) is 5.92 Å². The zero-order valence-corrected chi connectivity index (χ0v) is 10.1. The molecular formula is C9H14INO2. The van der Waals surface area contributed by atoms with E-state index in [2.05, 4.69) is 29.4 Å². The molecule has 0 spiro atoms. The average Bonchev–Trinajstić information content (AvgIpc) is 2.79. The molecule has 0 aromatic carbocycles. The SMILES string of the molecule is C=CC1CC1(C(=O)OCC)N(C)I. The molecule has 0 saturated heterocycles. The number of halogens is 1. The molecule has 0 bridgehead atoms. The molecule has 0 amide bonds. The van der Waals surface area contributed by atoms with Gasteiger partial charge in [-0.05, 0) is 20.4 Å². The van der Waals surface area contributed by atoms with E-state index in [-0.39, 0.29) is 11.9 Å². The topological polar surface area (TPSA) is 29.5 Å². The summed E-state index contributed by atoms with van der Waals surface area (Å²) in [6.45, 7) is 5.97. The summed E-state index contributed by atoms with van der Waals surface area (Å²) in [5.41, 5.74) is -0.432. The van der Waals surface area contributed by atoms with Gasteiger partial charge in [-0.3, -0.25) is 0 Å². The van der Waals surface area contributed by atoms with Gasteiger partial charge in [0, 0.05) is 28.8 Å². The number of likely N-dealkylation sites (N-methyl/N-ethyl adjacent to an activating group) is 1. The first kappa shape index (κ1) is 11.0. The van der Waals surface area contributed by atoms with E-state index >= 15 is 0 Å². The maximum Gasteiger partial charge on any atom is 0.327 e. The maximum absolute atomic E-state index is 11.6. The highest BCUT2D eigenvalue weighted by molar-refractivity contribution is 14.1. The van der Waals surface area contributed by atoms with Crippen molar-refractivity contribution in [2.45, 2.75) is 18.9 Å². The highest BCUT2D eigenvalue weighted by Crippen LogP contribution is 2.50. The van der Waals surface area contributed by atoms with Crippen molar-refractivity contribution in [3.63, 3.8) is 0 Å². The van der Waals surface area contributed by atoms with E-state index in [9.17, 15) is 4.79 Å². The second-order valence-electron chi connectivity index (χ2n) is 3.17. The van der Waals surface area contributed by atoms with Crippen LogP contribution in [0, 0.1) is 5.92 Å². The van der Waals surface area contributed by atoms with Crippen LogP contribution in [-0.2, 0) is 9.53 Å². The van der Waals surface area contributed by atoms with E-state index in [1.807, 2.05) is 23.2 Å². The fraction of sp³-hybridized carbons (Fsp3) is 0.667. The summed E-state index contributed by atoms with van der Waals surface area (Å²) in [6.07, 6.45) is 2.65. The number of nitrogens with zero attached hydrogens (tertiary/aromatic N) is 1. The predicted octanol–water partition coefficient (Wildman–Crippen LogP) is 1.78. The fourth-order valence-electron chi connectivity index (χ4n) is 1.53.